The molecule has 0 bridgehead atoms. The van der Waals surface area contributed by atoms with Crippen molar-refractivity contribution in [3.05, 3.63) is 57.2 Å². The van der Waals surface area contributed by atoms with Gasteiger partial charge in [0.05, 0.1) is 13.0 Å². The standard InChI is InChI=1S/C18H19ClN2O4S/c1-12(17(23)21-11-15-3-2-10-26-15)25-16(22)8-9-20-18(24)13-4-6-14(19)7-5-13/h2-7,10,12H,8-9,11H2,1H3,(H,20,24)(H,21,23)/t12-/m1/s1. The third kappa shape index (κ3) is 6.50. The minimum atomic E-state index is -0.894. The van der Waals surface area contributed by atoms with Gasteiger partial charge < -0.3 is 15.4 Å². The number of amides is 2. The van der Waals surface area contributed by atoms with Crippen LogP contribution in [0, 0.1) is 0 Å². The molecule has 26 heavy (non-hydrogen) atoms. The Morgan fingerprint density at radius 1 is 1.15 bits per heavy atom. The van der Waals surface area contributed by atoms with Crippen molar-refractivity contribution in [2.75, 3.05) is 6.54 Å². The molecule has 1 aromatic carbocycles. The van der Waals surface area contributed by atoms with Crippen molar-refractivity contribution in [3.63, 3.8) is 0 Å². The Kier molecular flexibility index (Phi) is 7.62. The van der Waals surface area contributed by atoms with Crippen LogP contribution in [0.1, 0.15) is 28.6 Å². The molecule has 0 fully saturated rings. The van der Waals surface area contributed by atoms with E-state index < -0.39 is 12.1 Å². The first kappa shape index (κ1) is 19.9. The van der Waals surface area contributed by atoms with Gasteiger partial charge in [-0.3, -0.25) is 14.4 Å². The Hall–Kier alpha value is -2.38. The summed E-state index contributed by atoms with van der Waals surface area (Å²) in [6.07, 6.45) is -0.920. The first-order valence-corrected chi connectivity index (χ1v) is 9.25. The van der Waals surface area contributed by atoms with Crippen LogP contribution < -0.4 is 10.6 Å². The summed E-state index contributed by atoms with van der Waals surface area (Å²) in [5.74, 6) is -1.23. The molecule has 2 N–H and O–H groups in total. The van der Waals surface area contributed by atoms with Crippen molar-refractivity contribution in [2.24, 2.45) is 0 Å². The summed E-state index contributed by atoms with van der Waals surface area (Å²) in [6, 6.07) is 10.2. The molecule has 0 aliphatic heterocycles. The van der Waals surface area contributed by atoms with Crippen molar-refractivity contribution >= 4 is 40.7 Å². The minimum absolute atomic E-state index is 0.0259. The summed E-state index contributed by atoms with van der Waals surface area (Å²) in [5, 5.41) is 7.78. The number of carbonyl (C=O) groups is 3. The number of hydrogen-bond donors (Lipinski definition) is 2. The molecule has 0 aliphatic rings. The van der Waals surface area contributed by atoms with Gasteiger partial charge in [-0.15, -0.1) is 11.3 Å². The van der Waals surface area contributed by atoms with Gasteiger partial charge in [-0.25, -0.2) is 0 Å². The Labute approximate surface area is 160 Å². The fourth-order valence-corrected chi connectivity index (χ4v) is 2.79. The molecule has 1 aromatic heterocycles. The van der Waals surface area contributed by atoms with E-state index in [4.69, 9.17) is 16.3 Å². The lowest BCUT2D eigenvalue weighted by Crippen LogP contribution is -2.36. The number of thiophene rings is 1. The number of hydrogen-bond acceptors (Lipinski definition) is 5. The smallest absolute Gasteiger partial charge is 0.308 e. The van der Waals surface area contributed by atoms with Crippen LogP contribution in [0.15, 0.2) is 41.8 Å². The van der Waals surface area contributed by atoms with Gasteiger partial charge in [0.15, 0.2) is 6.10 Å². The number of esters is 1. The van der Waals surface area contributed by atoms with Crippen molar-refractivity contribution in [2.45, 2.75) is 26.0 Å². The Bertz CT molecular complexity index is 747. The number of rotatable bonds is 8. The number of carbonyl (C=O) groups excluding carboxylic acids is 3. The van der Waals surface area contributed by atoms with Crippen LogP contribution in [-0.4, -0.2) is 30.4 Å². The molecule has 0 radical (unpaired) electrons. The third-order valence-corrected chi connectivity index (χ3v) is 4.54. The highest BCUT2D eigenvalue weighted by molar-refractivity contribution is 7.09. The second kappa shape index (κ2) is 9.94. The molecule has 8 heteroatoms. The second-order valence-electron chi connectivity index (χ2n) is 5.44. The van der Waals surface area contributed by atoms with E-state index in [-0.39, 0.29) is 24.8 Å². The number of benzene rings is 1. The van der Waals surface area contributed by atoms with Crippen LogP contribution in [0.4, 0.5) is 0 Å². The van der Waals surface area contributed by atoms with Gasteiger partial charge in [-0.2, -0.15) is 0 Å². The van der Waals surface area contributed by atoms with E-state index in [0.717, 1.165) is 4.88 Å². The molecule has 2 aromatic rings. The Balaban J connectivity index is 1.66. The lowest BCUT2D eigenvalue weighted by molar-refractivity contribution is -0.154. The van der Waals surface area contributed by atoms with E-state index in [1.165, 1.54) is 18.3 Å². The molecule has 138 valence electrons. The van der Waals surface area contributed by atoms with Crippen LogP contribution in [0.5, 0.6) is 0 Å². The molecule has 0 saturated carbocycles. The van der Waals surface area contributed by atoms with E-state index >= 15 is 0 Å². The third-order valence-electron chi connectivity index (χ3n) is 3.42. The highest BCUT2D eigenvalue weighted by atomic mass is 35.5. The van der Waals surface area contributed by atoms with Crippen LogP contribution >= 0.6 is 22.9 Å². The predicted octanol–water partition coefficient (Wildman–Crippen LogP) is 2.77. The van der Waals surface area contributed by atoms with E-state index in [1.54, 1.807) is 24.3 Å². The van der Waals surface area contributed by atoms with Gasteiger partial charge in [0.2, 0.25) is 0 Å². The molecule has 2 rings (SSSR count). The maximum atomic E-state index is 11.9. The molecule has 1 heterocycles. The van der Waals surface area contributed by atoms with E-state index in [1.807, 2.05) is 17.5 Å². The number of nitrogens with one attached hydrogen (secondary N) is 2. The Morgan fingerprint density at radius 3 is 2.54 bits per heavy atom. The van der Waals surface area contributed by atoms with Crippen LogP contribution in [0.2, 0.25) is 5.02 Å². The first-order chi connectivity index (χ1) is 12.5. The molecular weight excluding hydrogens is 376 g/mol. The molecule has 0 spiro atoms. The predicted molar refractivity (Wildman–Crippen MR) is 100 cm³/mol. The van der Waals surface area contributed by atoms with Crippen LogP contribution in [-0.2, 0) is 20.9 Å². The summed E-state index contributed by atoms with van der Waals surface area (Å²) >= 11 is 7.30. The molecule has 0 aliphatic carbocycles. The summed E-state index contributed by atoms with van der Waals surface area (Å²) in [7, 11) is 0. The van der Waals surface area contributed by atoms with E-state index in [0.29, 0.717) is 17.1 Å². The van der Waals surface area contributed by atoms with Crippen molar-refractivity contribution in [3.8, 4) is 0 Å². The number of ether oxygens (including phenoxy) is 1. The van der Waals surface area contributed by atoms with Gasteiger partial charge in [0.25, 0.3) is 11.8 Å². The van der Waals surface area contributed by atoms with Gasteiger partial charge in [0.1, 0.15) is 0 Å². The lowest BCUT2D eigenvalue weighted by atomic mass is 10.2. The minimum Gasteiger partial charge on any atom is -0.452 e. The highest BCUT2D eigenvalue weighted by Gasteiger charge is 2.17. The molecule has 1 atom stereocenters. The maximum absolute atomic E-state index is 11.9. The largest absolute Gasteiger partial charge is 0.452 e. The molecule has 2 amide bonds. The maximum Gasteiger partial charge on any atom is 0.308 e. The topological polar surface area (TPSA) is 84.5 Å². The van der Waals surface area contributed by atoms with E-state index in [9.17, 15) is 14.4 Å². The molecule has 0 saturated heterocycles. The molecular formula is C18H19ClN2O4S. The quantitative estimate of drug-likeness (QED) is 0.674. The average molecular weight is 395 g/mol. The van der Waals surface area contributed by atoms with Gasteiger partial charge in [0, 0.05) is 22.0 Å². The zero-order valence-electron chi connectivity index (χ0n) is 14.2. The number of halogens is 1. The lowest BCUT2D eigenvalue weighted by Gasteiger charge is -2.13. The van der Waals surface area contributed by atoms with Gasteiger partial charge in [-0.1, -0.05) is 17.7 Å². The fraction of sp³-hybridized carbons (Fsp3) is 0.278. The molecule has 0 unspecified atom stereocenters. The first-order valence-electron chi connectivity index (χ1n) is 7.99. The van der Waals surface area contributed by atoms with Gasteiger partial charge >= 0.3 is 5.97 Å². The van der Waals surface area contributed by atoms with Crippen molar-refractivity contribution in [1.29, 1.82) is 0 Å². The normalized spacial score (nSPS) is 11.5. The summed E-state index contributed by atoms with van der Waals surface area (Å²) in [4.78, 5) is 36.6. The van der Waals surface area contributed by atoms with Crippen LogP contribution in [0.25, 0.3) is 0 Å². The summed E-state index contributed by atoms with van der Waals surface area (Å²) in [5.41, 5.74) is 0.448. The summed E-state index contributed by atoms with van der Waals surface area (Å²) in [6.45, 7) is 2.02. The zero-order chi connectivity index (χ0) is 18.9. The Morgan fingerprint density at radius 2 is 1.88 bits per heavy atom. The monoisotopic (exact) mass is 394 g/mol. The van der Waals surface area contributed by atoms with Crippen molar-refractivity contribution < 1.29 is 19.1 Å². The fourth-order valence-electron chi connectivity index (χ4n) is 2.02. The zero-order valence-corrected chi connectivity index (χ0v) is 15.7. The average Bonchev–Trinajstić information content (AvgIpc) is 3.13. The molecule has 6 nitrogen and oxygen atoms in total. The van der Waals surface area contributed by atoms with E-state index in [2.05, 4.69) is 10.6 Å². The SMILES string of the molecule is C[C@@H](OC(=O)CCNC(=O)c1ccc(Cl)cc1)C(=O)NCc1cccs1. The second-order valence-corrected chi connectivity index (χ2v) is 6.91. The summed E-state index contributed by atoms with van der Waals surface area (Å²) < 4.78 is 5.07. The van der Waals surface area contributed by atoms with Crippen molar-refractivity contribution in [1.82, 2.24) is 10.6 Å². The van der Waals surface area contributed by atoms with Gasteiger partial charge in [-0.05, 0) is 42.6 Å². The highest BCUT2D eigenvalue weighted by Crippen LogP contribution is 2.09. The van der Waals surface area contributed by atoms with Crippen LogP contribution in [0.3, 0.4) is 0 Å².